The van der Waals surface area contributed by atoms with Crippen LogP contribution >= 0.6 is 11.3 Å². The summed E-state index contributed by atoms with van der Waals surface area (Å²) in [6.45, 7) is 0. The van der Waals surface area contributed by atoms with Gasteiger partial charge in [0.05, 0.1) is 37.8 Å². The Labute approximate surface area is 180 Å². The van der Waals surface area contributed by atoms with Crippen molar-refractivity contribution < 1.29 is 0 Å². The van der Waals surface area contributed by atoms with E-state index in [0.29, 0.717) is 0 Å². The summed E-state index contributed by atoms with van der Waals surface area (Å²) in [7, 11) is 0. The lowest BCUT2D eigenvalue weighted by Crippen LogP contribution is -1.95. The van der Waals surface area contributed by atoms with Gasteiger partial charge < -0.3 is 0 Å². The first-order chi connectivity index (χ1) is 15.4. The van der Waals surface area contributed by atoms with Crippen LogP contribution in [0.25, 0.3) is 64.7 Å². The zero-order chi connectivity index (χ0) is 20.4. The van der Waals surface area contributed by atoms with Crippen molar-refractivity contribution in [2.75, 3.05) is 0 Å². The number of thiazole rings is 1. The number of pyridine rings is 2. The number of fused-ring (bicyclic) bond motifs is 8. The van der Waals surface area contributed by atoms with Crippen LogP contribution in [0.3, 0.4) is 0 Å². The number of hydrogen-bond donors (Lipinski definition) is 0. The van der Waals surface area contributed by atoms with Crippen LogP contribution in [0.1, 0.15) is 0 Å². The molecular weight excluding hydrogens is 402 g/mol. The highest BCUT2D eigenvalue weighted by Gasteiger charge is 2.19. The lowest BCUT2D eigenvalue weighted by molar-refractivity contribution is 1.36. The van der Waals surface area contributed by atoms with E-state index < -0.39 is 0 Å². The maximum absolute atomic E-state index is 5.04. The molecule has 0 saturated heterocycles. The Morgan fingerprint density at radius 3 is 2.13 bits per heavy atom. The first-order valence-corrected chi connectivity index (χ1v) is 10.8. The van der Waals surface area contributed by atoms with Crippen molar-refractivity contribution >= 4 is 65.4 Å². The molecule has 0 N–H and O–H groups in total. The maximum atomic E-state index is 5.04. The largest absolute Gasteiger partial charge is 0.254 e. The van der Waals surface area contributed by atoms with Crippen molar-refractivity contribution in [1.29, 1.82) is 0 Å². The zero-order valence-electron chi connectivity index (χ0n) is 16.1. The zero-order valence-corrected chi connectivity index (χ0v) is 17.0. The molecule has 6 heteroatoms. The van der Waals surface area contributed by atoms with E-state index in [1.807, 2.05) is 66.9 Å². The predicted octanol–water partition coefficient (Wildman–Crippen LogP) is 6.16. The predicted molar refractivity (Wildman–Crippen MR) is 126 cm³/mol. The number of benzene rings is 3. The van der Waals surface area contributed by atoms with Crippen molar-refractivity contribution in [3.05, 3.63) is 79.1 Å². The van der Waals surface area contributed by atoms with E-state index in [9.17, 15) is 0 Å². The van der Waals surface area contributed by atoms with Gasteiger partial charge in [0.15, 0.2) is 0 Å². The minimum Gasteiger partial charge on any atom is -0.254 e. The third-order valence-corrected chi connectivity index (χ3v) is 6.64. The third kappa shape index (κ3) is 2.39. The first-order valence-electron chi connectivity index (χ1n) is 9.95. The molecule has 0 aliphatic carbocycles. The number of rotatable bonds is 1. The van der Waals surface area contributed by atoms with Crippen molar-refractivity contribution in [3.63, 3.8) is 0 Å². The Morgan fingerprint density at radius 1 is 0.548 bits per heavy atom. The van der Waals surface area contributed by atoms with Crippen molar-refractivity contribution in [2.24, 2.45) is 0 Å². The van der Waals surface area contributed by atoms with E-state index in [0.717, 1.165) is 64.7 Å². The summed E-state index contributed by atoms with van der Waals surface area (Å²) in [5.74, 6) is 0. The molecule has 7 aromatic rings. The van der Waals surface area contributed by atoms with Gasteiger partial charge in [0, 0.05) is 28.7 Å². The summed E-state index contributed by atoms with van der Waals surface area (Å²) in [5.41, 5.74) is 7.05. The summed E-state index contributed by atoms with van der Waals surface area (Å²) >= 11 is 1.68. The van der Waals surface area contributed by atoms with Gasteiger partial charge in [0.1, 0.15) is 10.5 Å². The first kappa shape index (κ1) is 16.7. The molecule has 144 valence electrons. The van der Waals surface area contributed by atoms with Crippen LogP contribution in [0.2, 0.25) is 0 Å². The summed E-state index contributed by atoms with van der Waals surface area (Å²) < 4.78 is 1.15. The molecule has 3 aromatic carbocycles. The van der Waals surface area contributed by atoms with Crippen LogP contribution in [-0.2, 0) is 0 Å². The molecule has 4 aromatic heterocycles. The van der Waals surface area contributed by atoms with E-state index >= 15 is 0 Å². The fourth-order valence-corrected chi connectivity index (χ4v) is 5.19. The highest BCUT2D eigenvalue weighted by atomic mass is 32.1. The highest BCUT2D eigenvalue weighted by Crippen LogP contribution is 2.39. The van der Waals surface area contributed by atoms with Crippen LogP contribution in [0.4, 0.5) is 0 Å². The number of nitrogens with zero attached hydrogens (tertiary/aromatic N) is 5. The van der Waals surface area contributed by atoms with Gasteiger partial charge in [-0.25, -0.2) is 15.0 Å². The highest BCUT2D eigenvalue weighted by molar-refractivity contribution is 7.21. The normalized spacial score (nSPS) is 11.9. The molecule has 0 fully saturated rings. The number of aromatic nitrogens is 5. The van der Waals surface area contributed by atoms with Gasteiger partial charge in [-0.1, -0.05) is 24.3 Å². The van der Waals surface area contributed by atoms with Gasteiger partial charge >= 0.3 is 0 Å². The average Bonchev–Trinajstić information content (AvgIpc) is 3.27. The maximum Gasteiger partial charge on any atom is 0.125 e. The van der Waals surface area contributed by atoms with E-state index in [2.05, 4.69) is 11.1 Å². The molecule has 0 aliphatic heterocycles. The van der Waals surface area contributed by atoms with Crippen LogP contribution < -0.4 is 0 Å². The summed E-state index contributed by atoms with van der Waals surface area (Å²) in [5, 5.41) is 2.85. The monoisotopic (exact) mass is 415 g/mol. The van der Waals surface area contributed by atoms with E-state index in [-0.39, 0.29) is 0 Å². The third-order valence-electron chi connectivity index (χ3n) is 5.57. The standard InChI is InChI=1S/C25H13N5S/c1-2-8-17-16(7-1)28-22-15-6-5-12-26-21(15)23-20(24(22)29-17)14(11-13-27-23)25-30-18-9-3-4-10-19(18)31-25/h1-13H. The second-order valence-electron chi connectivity index (χ2n) is 7.38. The van der Waals surface area contributed by atoms with Crippen molar-refractivity contribution in [1.82, 2.24) is 24.9 Å². The second-order valence-corrected chi connectivity index (χ2v) is 8.41. The van der Waals surface area contributed by atoms with Crippen molar-refractivity contribution in [3.8, 4) is 10.6 Å². The van der Waals surface area contributed by atoms with Gasteiger partial charge in [-0.05, 0) is 42.5 Å². The van der Waals surface area contributed by atoms with Crippen LogP contribution in [0.15, 0.2) is 79.1 Å². The molecule has 0 amide bonds. The topological polar surface area (TPSA) is 64.5 Å². The Morgan fingerprint density at radius 2 is 1.29 bits per heavy atom. The quantitative estimate of drug-likeness (QED) is 0.237. The summed E-state index contributed by atoms with van der Waals surface area (Å²) in [6, 6.07) is 22.1. The lowest BCUT2D eigenvalue weighted by atomic mass is 10.0. The smallest absolute Gasteiger partial charge is 0.125 e. The number of para-hydroxylation sites is 3. The molecular formula is C25H13N5S. The fraction of sp³-hybridized carbons (Fsp3) is 0. The van der Waals surface area contributed by atoms with Crippen LogP contribution in [0.5, 0.6) is 0 Å². The molecule has 7 rings (SSSR count). The molecule has 5 nitrogen and oxygen atoms in total. The van der Waals surface area contributed by atoms with Gasteiger partial charge in [-0.15, -0.1) is 11.3 Å². The number of hydrogen-bond acceptors (Lipinski definition) is 6. The molecule has 0 saturated carbocycles. The minimum absolute atomic E-state index is 0.824. The molecule has 0 radical (unpaired) electrons. The molecule has 0 bridgehead atoms. The van der Waals surface area contributed by atoms with Gasteiger partial charge in [-0.2, -0.15) is 0 Å². The second kappa shape index (κ2) is 6.23. The Hall–Kier alpha value is -4.03. The van der Waals surface area contributed by atoms with Gasteiger partial charge in [0.2, 0.25) is 0 Å². The van der Waals surface area contributed by atoms with Gasteiger partial charge in [0.25, 0.3) is 0 Å². The Kier molecular flexibility index (Phi) is 3.36. The molecule has 0 spiro atoms. The molecule has 4 heterocycles. The summed E-state index contributed by atoms with van der Waals surface area (Å²) in [6.07, 6.45) is 3.63. The van der Waals surface area contributed by atoms with Gasteiger partial charge in [-0.3, -0.25) is 9.97 Å². The van der Waals surface area contributed by atoms with E-state index in [1.165, 1.54) is 0 Å². The molecule has 31 heavy (non-hydrogen) atoms. The van der Waals surface area contributed by atoms with E-state index in [1.54, 1.807) is 17.5 Å². The molecule has 0 atom stereocenters. The van der Waals surface area contributed by atoms with Crippen LogP contribution in [0, 0.1) is 0 Å². The average molecular weight is 415 g/mol. The molecule has 0 aliphatic rings. The lowest BCUT2D eigenvalue weighted by Gasteiger charge is -2.11. The van der Waals surface area contributed by atoms with Crippen molar-refractivity contribution in [2.45, 2.75) is 0 Å². The summed E-state index contributed by atoms with van der Waals surface area (Å²) in [4.78, 5) is 24.3. The minimum atomic E-state index is 0.824. The Bertz CT molecular complexity index is 1770. The van der Waals surface area contributed by atoms with Crippen LogP contribution in [-0.4, -0.2) is 24.9 Å². The molecule has 0 unspecified atom stereocenters. The fourth-order valence-electron chi connectivity index (χ4n) is 4.19. The van der Waals surface area contributed by atoms with E-state index in [4.69, 9.17) is 19.9 Å². The SMILES string of the molecule is c1ccc2nc3c(nc2c1)c1cccnc1c1nccc(-c2nc4ccccc4s2)c13. The Balaban J connectivity index is 1.73.